The summed E-state index contributed by atoms with van der Waals surface area (Å²) in [6.45, 7) is 1.62. The number of halogens is 1. The number of phenols is 1. The lowest BCUT2D eigenvalue weighted by molar-refractivity contribution is 0.102. The van der Waals surface area contributed by atoms with E-state index in [0.29, 0.717) is 16.3 Å². The maximum absolute atomic E-state index is 11.8. The number of hydrogen-bond donors (Lipinski definition) is 2. The third-order valence-electron chi connectivity index (χ3n) is 2.20. The lowest BCUT2D eigenvalue weighted by Gasteiger charge is -2.06. The highest BCUT2D eigenvalue weighted by molar-refractivity contribution is 6.31. The third-order valence-corrected chi connectivity index (χ3v) is 2.44. The van der Waals surface area contributed by atoms with Gasteiger partial charge in [-0.1, -0.05) is 16.8 Å². The first-order valence-electron chi connectivity index (χ1n) is 4.79. The number of phenolic OH excluding ortho intramolecular Hbond substituents is 1. The van der Waals surface area contributed by atoms with Crippen molar-refractivity contribution in [3.05, 3.63) is 40.7 Å². The molecule has 0 aliphatic carbocycles. The summed E-state index contributed by atoms with van der Waals surface area (Å²) in [5.41, 5.74) is 0.549. The van der Waals surface area contributed by atoms with Crippen LogP contribution in [0.3, 0.4) is 0 Å². The maximum atomic E-state index is 11.8. The summed E-state index contributed by atoms with van der Waals surface area (Å²) in [5, 5.41) is 16.0. The molecule has 88 valence electrons. The van der Waals surface area contributed by atoms with Crippen molar-refractivity contribution in [1.29, 1.82) is 0 Å². The molecular formula is C11H9ClN2O3. The molecule has 0 fully saturated rings. The van der Waals surface area contributed by atoms with Crippen LogP contribution in [0.5, 0.6) is 5.75 Å². The highest BCUT2D eigenvalue weighted by Gasteiger charge is 2.14. The number of hydrogen-bond acceptors (Lipinski definition) is 4. The number of amides is 1. The summed E-state index contributed by atoms with van der Waals surface area (Å²) in [6.07, 6.45) is 1.31. The van der Waals surface area contributed by atoms with Gasteiger partial charge in [0.2, 0.25) is 0 Å². The van der Waals surface area contributed by atoms with Crippen LogP contribution in [0.1, 0.15) is 16.1 Å². The summed E-state index contributed by atoms with van der Waals surface area (Å²) in [6, 6.07) is 4.38. The zero-order valence-electron chi connectivity index (χ0n) is 8.90. The first-order chi connectivity index (χ1) is 8.08. The molecule has 0 atom stereocenters. The van der Waals surface area contributed by atoms with Crippen molar-refractivity contribution in [2.75, 3.05) is 5.32 Å². The summed E-state index contributed by atoms with van der Waals surface area (Å²) in [5.74, 6) is -0.0674. The first kappa shape index (κ1) is 11.5. The fourth-order valence-corrected chi connectivity index (χ4v) is 1.49. The van der Waals surface area contributed by atoms with E-state index in [1.54, 1.807) is 6.92 Å². The minimum Gasteiger partial charge on any atom is -0.506 e. The monoisotopic (exact) mass is 252 g/mol. The number of nitrogens with one attached hydrogen (secondary N) is 1. The molecule has 0 saturated carbocycles. The van der Waals surface area contributed by atoms with Crippen LogP contribution in [0.4, 0.5) is 5.69 Å². The Bertz CT molecular complexity index is 566. The summed E-state index contributed by atoms with van der Waals surface area (Å²) >= 11 is 5.76. The van der Waals surface area contributed by atoms with E-state index in [4.69, 9.17) is 16.1 Å². The molecule has 2 aromatic rings. The highest BCUT2D eigenvalue weighted by Crippen LogP contribution is 2.27. The van der Waals surface area contributed by atoms with Crippen molar-refractivity contribution < 1.29 is 14.4 Å². The lowest BCUT2D eigenvalue weighted by atomic mass is 10.2. The molecule has 0 radical (unpaired) electrons. The van der Waals surface area contributed by atoms with Crippen molar-refractivity contribution in [2.24, 2.45) is 0 Å². The van der Waals surface area contributed by atoms with Crippen molar-refractivity contribution in [1.82, 2.24) is 5.16 Å². The number of benzene rings is 1. The highest BCUT2D eigenvalue weighted by atomic mass is 35.5. The minimum absolute atomic E-state index is 0.0585. The quantitative estimate of drug-likeness (QED) is 0.806. The molecule has 17 heavy (non-hydrogen) atoms. The number of carbonyl (C=O) groups is 1. The Hall–Kier alpha value is -2.01. The van der Waals surface area contributed by atoms with Gasteiger partial charge in [0.1, 0.15) is 17.1 Å². The van der Waals surface area contributed by atoms with Gasteiger partial charge in [0.15, 0.2) is 0 Å². The lowest BCUT2D eigenvalue weighted by Crippen LogP contribution is -2.12. The van der Waals surface area contributed by atoms with Crippen molar-refractivity contribution in [3.8, 4) is 5.75 Å². The normalized spacial score (nSPS) is 10.2. The second-order valence-electron chi connectivity index (χ2n) is 3.41. The molecule has 2 rings (SSSR count). The second kappa shape index (κ2) is 4.47. The van der Waals surface area contributed by atoms with Crippen LogP contribution in [0.2, 0.25) is 5.02 Å². The molecule has 2 N–H and O–H groups in total. The van der Waals surface area contributed by atoms with Gasteiger partial charge in [-0.05, 0) is 25.1 Å². The largest absolute Gasteiger partial charge is 0.506 e. The fourth-order valence-electron chi connectivity index (χ4n) is 1.31. The van der Waals surface area contributed by atoms with E-state index in [9.17, 15) is 9.90 Å². The van der Waals surface area contributed by atoms with Gasteiger partial charge in [0.25, 0.3) is 5.91 Å². The van der Waals surface area contributed by atoms with E-state index >= 15 is 0 Å². The molecule has 1 amide bonds. The molecular weight excluding hydrogens is 244 g/mol. The first-order valence-corrected chi connectivity index (χ1v) is 5.17. The Morgan fingerprint density at radius 1 is 1.53 bits per heavy atom. The molecule has 0 aliphatic rings. The molecule has 1 heterocycles. The van der Waals surface area contributed by atoms with Crippen LogP contribution < -0.4 is 5.32 Å². The smallest absolute Gasteiger partial charge is 0.260 e. The number of nitrogens with zero attached hydrogens (tertiary/aromatic N) is 1. The minimum atomic E-state index is -0.415. The second-order valence-corrected chi connectivity index (χ2v) is 3.85. The number of anilines is 1. The molecule has 0 spiro atoms. The van der Waals surface area contributed by atoms with Gasteiger partial charge in [-0.3, -0.25) is 4.79 Å². The van der Waals surface area contributed by atoms with E-state index < -0.39 is 5.91 Å². The molecule has 0 bridgehead atoms. The van der Waals surface area contributed by atoms with Gasteiger partial charge in [-0.2, -0.15) is 0 Å². The zero-order valence-corrected chi connectivity index (χ0v) is 9.65. The molecule has 0 aliphatic heterocycles. The molecule has 1 aromatic carbocycles. The van der Waals surface area contributed by atoms with Crippen LogP contribution in [0.25, 0.3) is 0 Å². The number of rotatable bonds is 2. The SMILES string of the molecule is Cc1oncc1C(=O)Nc1cc(Cl)ccc1O. The van der Waals surface area contributed by atoms with Gasteiger partial charge in [0, 0.05) is 5.02 Å². The average Bonchev–Trinajstić information content (AvgIpc) is 2.70. The van der Waals surface area contributed by atoms with Crippen LogP contribution in [-0.4, -0.2) is 16.2 Å². The van der Waals surface area contributed by atoms with Gasteiger partial charge in [-0.15, -0.1) is 0 Å². The van der Waals surface area contributed by atoms with Gasteiger partial charge < -0.3 is 14.9 Å². The number of carbonyl (C=O) groups excluding carboxylic acids is 1. The van der Waals surface area contributed by atoms with Gasteiger partial charge in [-0.25, -0.2) is 0 Å². The van der Waals surface area contributed by atoms with Crippen LogP contribution >= 0.6 is 11.6 Å². The molecule has 0 unspecified atom stereocenters. The number of aromatic hydroxyl groups is 1. The Morgan fingerprint density at radius 3 is 2.94 bits per heavy atom. The molecule has 5 nitrogen and oxygen atoms in total. The summed E-state index contributed by atoms with van der Waals surface area (Å²) < 4.78 is 4.78. The van der Waals surface area contributed by atoms with E-state index in [-0.39, 0.29) is 11.4 Å². The molecule has 6 heteroatoms. The summed E-state index contributed by atoms with van der Waals surface area (Å²) in [4.78, 5) is 11.8. The Labute approximate surface area is 102 Å². The predicted octanol–water partition coefficient (Wildman–Crippen LogP) is 2.59. The van der Waals surface area contributed by atoms with E-state index in [0.717, 1.165) is 0 Å². The predicted molar refractivity (Wildman–Crippen MR) is 62.3 cm³/mol. The van der Waals surface area contributed by atoms with E-state index in [1.165, 1.54) is 24.4 Å². The number of aromatic nitrogens is 1. The van der Waals surface area contributed by atoms with Gasteiger partial charge >= 0.3 is 0 Å². The standard InChI is InChI=1S/C11H9ClN2O3/c1-6-8(5-13-17-6)11(16)14-9-4-7(12)2-3-10(9)15/h2-5,15H,1H3,(H,14,16). The van der Waals surface area contributed by atoms with E-state index in [2.05, 4.69) is 10.5 Å². The summed E-state index contributed by atoms with van der Waals surface area (Å²) in [7, 11) is 0. The van der Waals surface area contributed by atoms with E-state index in [1.807, 2.05) is 0 Å². The van der Waals surface area contributed by atoms with Crippen molar-refractivity contribution in [2.45, 2.75) is 6.92 Å². The van der Waals surface area contributed by atoms with Gasteiger partial charge in [0.05, 0.1) is 11.9 Å². The number of aryl methyl sites for hydroxylation is 1. The topological polar surface area (TPSA) is 75.4 Å². The average molecular weight is 253 g/mol. The van der Waals surface area contributed by atoms with Crippen LogP contribution in [0, 0.1) is 6.92 Å². The van der Waals surface area contributed by atoms with Crippen LogP contribution in [-0.2, 0) is 0 Å². The Kier molecular flexibility index (Phi) is 3.01. The fraction of sp³-hybridized carbons (Fsp3) is 0.0909. The maximum Gasteiger partial charge on any atom is 0.260 e. The Morgan fingerprint density at radius 2 is 2.29 bits per heavy atom. The van der Waals surface area contributed by atoms with Crippen molar-refractivity contribution in [3.63, 3.8) is 0 Å². The third kappa shape index (κ3) is 2.39. The van der Waals surface area contributed by atoms with Crippen molar-refractivity contribution >= 4 is 23.2 Å². The molecule has 1 aromatic heterocycles. The zero-order chi connectivity index (χ0) is 12.4. The Balaban J connectivity index is 2.24. The van der Waals surface area contributed by atoms with Crippen LogP contribution in [0.15, 0.2) is 28.9 Å². The molecule has 0 saturated heterocycles.